The summed E-state index contributed by atoms with van der Waals surface area (Å²) in [7, 11) is 0. The van der Waals surface area contributed by atoms with Crippen LogP contribution in [0, 0.1) is 5.41 Å². The molecule has 31 heavy (non-hydrogen) atoms. The van der Waals surface area contributed by atoms with Gasteiger partial charge in [0.25, 0.3) is 5.91 Å². The van der Waals surface area contributed by atoms with E-state index in [4.69, 9.17) is 11.1 Å². The Bertz CT molecular complexity index is 1280. The maximum atomic E-state index is 12.9. The Hall–Kier alpha value is -3.65. The number of nitrogens with one attached hydrogen (secondary N) is 2. The summed E-state index contributed by atoms with van der Waals surface area (Å²) in [5.74, 6) is 0.150. The summed E-state index contributed by atoms with van der Waals surface area (Å²) in [4.78, 5) is 25.7. The van der Waals surface area contributed by atoms with Gasteiger partial charge in [0, 0.05) is 11.8 Å². The van der Waals surface area contributed by atoms with Gasteiger partial charge in [-0.1, -0.05) is 24.3 Å². The molecule has 2 aromatic carbocycles. The highest BCUT2D eigenvalue weighted by Gasteiger charge is 2.24. The Morgan fingerprint density at radius 3 is 2.94 bits per heavy atom. The van der Waals surface area contributed by atoms with E-state index < -0.39 is 0 Å². The normalized spacial score (nSPS) is 15.4. The number of rotatable bonds is 4. The van der Waals surface area contributed by atoms with Gasteiger partial charge in [-0.2, -0.15) is 0 Å². The number of thiazole rings is 1. The number of aryl methyl sites for hydroxylation is 1. The van der Waals surface area contributed by atoms with Crippen LogP contribution in [0.2, 0.25) is 0 Å². The van der Waals surface area contributed by atoms with Crippen molar-refractivity contribution in [2.45, 2.75) is 25.3 Å². The molecule has 4 N–H and O–H groups in total. The minimum absolute atomic E-state index is 0.0602. The van der Waals surface area contributed by atoms with Gasteiger partial charge in [-0.3, -0.25) is 4.79 Å². The van der Waals surface area contributed by atoms with E-state index in [1.807, 2.05) is 36.4 Å². The molecule has 0 fully saturated rings. The van der Waals surface area contributed by atoms with Crippen molar-refractivity contribution in [3.05, 3.63) is 70.5 Å². The van der Waals surface area contributed by atoms with Crippen LogP contribution in [-0.2, 0) is 6.42 Å². The first-order valence-electron chi connectivity index (χ1n) is 10.0. The largest absolute Gasteiger partial charge is 0.383 e. The summed E-state index contributed by atoms with van der Waals surface area (Å²) in [6.07, 6.45) is 5.39. The third kappa shape index (κ3) is 3.55. The molecule has 4 aromatic rings. The molecule has 0 radical (unpaired) electrons. The van der Waals surface area contributed by atoms with Crippen LogP contribution in [-0.4, -0.2) is 27.1 Å². The molecule has 0 aliphatic heterocycles. The molecule has 7 nitrogen and oxygen atoms in total. The van der Waals surface area contributed by atoms with Crippen molar-refractivity contribution in [1.29, 1.82) is 5.41 Å². The van der Waals surface area contributed by atoms with E-state index in [1.54, 1.807) is 0 Å². The van der Waals surface area contributed by atoms with Gasteiger partial charge in [0.2, 0.25) is 0 Å². The Labute approximate surface area is 182 Å². The predicted octanol–water partition coefficient (Wildman–Crippen LogP) is 4.14. The molecule has 1 aliphatic rings. The van der Waals surface area contributed by atoms with Crippen LogP contribution in [0.1, 0.15) is 45.4 Å². The summed E-state index contributed by atoms with van der Waals surface area (Å²) >= 11 is 1.41. The molecule has 2 aromatic heterocycles. The number of nitrogens with zero attached hydrogens (tertiary/aromatic N) is 3. The van der Waals surface area contributed by atoms with Crippen molar-refractivity contribution in [2.24, 2.45) is 0 Å². The van der Waals surface area contributed by atoms with Gasteiger partial charge in [0.1, 0.15) is 12.1 Å². The van der Waals surface area contributed by atoms with E-state index in [9.17, 15) is 4.79 Å². The van der Waals surface area contributed by atoms with E-state index in [2.05, 4.69) is 26.3 Å². The molecule has 1 unspecified atom stereocenters. The molecular weight excluding hydrogens is 408 g/mol. The number of carbonyl (C=O) groups is 1. The van der Waals surface area contributed by atoms with Crippen LogP contribution >= 0.6 is 11.3 Å². The molecule has 0 saturated heterocycles. The highest BCUT2D eigenvalue weighted by molar-refractivity contribution is 7.20. The molecule has 1 amide bonds. The quantitative estimate of drug-likeness (QED) is 0.422. The van der Waals surface area contributed by atoms with Crippen molar-refractivity contribution >= 4 is 39.5 Å². The Morgan fingerprint density at radius 1 is 1.23 bits per heavy atom. The van der Waals surface area contributed by atoms with Crippen LogP contribution in [0.25, 0.3) is 21.5 Å². The number of hydrogen-bond acceptors (Lipinski definition) is 7. The van der Waals surface area contributed by atoms with Crippen LogP contribution in [0.15, 0.2) is 48.8 Å². The lowest BCUT2D eigenvalue weighted by Gasteiger charge is -2.26. The highest BCUT2D eigenvalue weighted by Crippen LogP contribution is 2.34. The molecule has 0 bridgehead atoms. The number of fused-ring (bicyclic) bond motifs is 2. The van der Waals surface area contributed by atoms with E-state index in [-0.39, 0.29) is 11.9 Å². The van der Waals surface area contributed by atoms with Gasteiger partial charge >= 0.3 is 0 Å². The zero-order chi connectivity index (χ0) is 21.4. The third-order valence-corrected chi connectivity index (χ3v) is 6.62. The summed E-state index contributed by atoms with van der Waals surface area (Å²) in [6, 6.07) is 13.8. The highest BCUT2D eigenvalue weighted by atomic mass is 32.1. The van der Waals surface area contributed by atoms with E-state index >= 15 is 0 Å². The number of benzene rings is 2. The van der Waals surface area contributed by atoms with E-state index in [1.165, 1.54) is 29.4 Å². The lowest BCUT2D eigenvalue weighted by molar-refractivity contribution is 0.0932. The van der Waals surface area contributed by atoms with E-state index in [0.29, 0.717) is 22.1 Å². The number of carbonyl (C=O) groups excluding carboxylic acids is 1. The van der Waals surface area contributed by atoms with Crippen LogP contribution < -0.4 is 11.1 Å². The second-order valence-corrected chi connectivity index (χ2v) is 8.51. The number of nitrogens with two attached hydrogens (primary N) is 1. The number of hydrogen-bond donors (Lipinski definition) is 3. The molecule has 2 heterocycles. The Balaban J connectivity index is 1.43. The van der Waals surface area contributed by atoms with Gasteiger partial charge in [-0.25, -0.2) is 15.0 Å². The number of aromatic nitrogens is 3. The van der Waals surface area contributed by atoms with Crippen LogP contribution in [0.5, 0.6) is 0 Å². The Kier molecular flexibility index (Phi) is 4.91. The summed E-state index contributed by atoms with van der Waals surface area (Å²) < 4.78 is 1.01. The summed E-state index contributed by atoms with van der Waals surface area (Å²) in [6.45, 7) is 0. The molecule has 1 aliphatic carbocycles. The van der Waals surface area contributed by atoms with Crippen LogP contribution in [0.4, 0.5) is 5.82 Å². The second kappa shape index (κ2) is 7.88. The summed E-state index contributed by atoms with van der Waals surface area (Å²) in [5, 5.41) is 11.3. The molecule has 1 atom stereocenters. The van der Waals surface area contributed by atoms with Gasteiger partial charge in [0.05, 0.1) is 27.5 Å². The monoisotopic (exact) mass is 428 g/mol. The maximum absolute atomic E-state index is 12.9. The molecular formula is C23H20N6OS. The van der Waals surface area contributed by atoms with Crippen molar-refractivity contribution in [2.75, 3.05) is 5.73 Å². The minimum Gasteiger partial charge on any atom is -0.383 e. The molecule has 5 rings (SSSR count). The average molecular weight is 429 g/mol. The number of nitrogen functional groups attached to an aromatic ring is 1. The number of para-hydroxylation sites is 1. The smallest absolute Gasteiger partial charge is 0.280 e. The number of amides is 1. The SMILES string of the molecule is N=Cc1c(N)ncnc1-c1ccc2c(c1)CCCC2NC(=O)c1nc2ccccc2s1. The first-order chi connectivity index (χ1) is 15.1. The minimum atomic E-state index is -0.141. The zero-order valence-electron chi connectivity index (χ0n) is 16.6. The molecule has 154 valence electrons. The fourth-order valence-corrected chi connectivity index (χ4v) is 4.95. The number of anilines is 1. The van der Waals surface area contributed by atoms with Gasteiger partial charge in [0.15, 0.2) is 5.01 Å². The average Bonchev–Trinajstić information content (AvgIpc) is 3.23. The molecule has 8 heteroatoms. The van der Waals surface area contributed by atoms with Crippen molar-refractivity contribution in [3.8, 4) is 11.3 Å². The topological polar surface area (TPSA) is 118 Å². The maximum Gasteiger partial charge on any atom is 0.280 e. The fourth-order valence-electron chi connectivity index (χ4n) is 4.08. The predicted molar refractivity (Wildman–Crippen MR) is 123 cm³/mol. The van der Waals surface area contributed by atoms with Crippen LogP contribution in [0.3, 0.4) is 0 Å². The van der Waals surface area contributed by atoms with Crippen molar-refractivity contribution in [3.63, 3.8) is 0 Å². The fraction of sp³-hybridized carbons (Fsp3) is 0.174. The molecule has 0 saturated carbocycles. The first-order valence-corrected chi connectivity index (χ1v) is 10.9. The standard InChI is InChI=1S/C23H20N6OS/c24-11-16-20(26-12-27-21(16)25)14-8-9-15-13(10-14)4-3-6-17(15)28-22(30)23-29-18-5-1-2-7-19(18)31-23/h1-2,5,7-12,17,24H,3-4,6H2,(H,28,30)(H2,25,26,27). The lowest BCUT2D eigenvalue weighted by Crippen LogP contribution is -2.30. The molecule has 0 spiro atoms. The van der Waals surface area contributed by atoms with E-state index in [0.717, 1.165) is 40.6 Å². The van der Waals surface area contributed by atoms with Gasteiger partial charge in [-0.05, 0) is 48.6 Å². The first kappa shape index (κ1) is 19.3. The van der Waals surface area contributed by atoms with Gasteiger partial charge in [-0.15, -0.1) is 11.3 Å². The lowest BCUT2D eigenvalue weighted by atomic mass is 9.86. The second-order valence-electron chi connectivity index (χ2n) is 7.48. The van der Waals surface area contributed by atoms with Crippen molar-refractivity contribution in [1.82, 2.24) is 20.3 Å². The Morgan fingerprint density at radius 2 is 2.10 bits per heavy atom. The summed E-state index contributed by atoms with van der Waals surface area (Å²) in [5.41, 5.74) is 11.1. The third-order valence-electron chi connectivity index (χ3n) is 5.58. The van der Waals surface area contributed by atoms with Gasteiger partial charge < -0.3 is 16.5 Å². The van der Waals surface area contributed by atoms with Crippen molar-refractivity contribution < 1.29 is 4.79 Å². The zero-order valence-corrected chi connectivity index (χ0v) is 17.4.